The van der Waals surface area contributed by atoms with Crippen molar-refractivity contribution in [2.45, 2.75) is 12.3 Å². The largest absolute Gasteiger partial charge is 0.487 e. The Bertz CT molecular complexity index is 585. The first-order valence-corrected chi connectivity index (χ1v) is 6.60. The van der Waals surface area contributed by atoms with Crippen molar-refractivity contribution in [3.8, 4) is 11.5 Å². The van der Waals surface area contributed by atoms with E-state index in [1.807, 2.05) is 6.07 Å². The maximum Gasteiger partial charge on any atom is 0.422 e. The lowest BCUT2D eigenvalue weighted by Crippen LogP contribution is -2.19. The number of para-hydroxylation sites is 2. The summed E-state index contributed by atoms with van der Waals surface area (Å²) < 4.78 is 46.7. The van der Waals surface area contributed by atoms with Crippen LogP contribution in [-0.2, 0) is 0 Å². The van der Waals surface area contributed by atoms with E-state index in [4.69, 9.17) is 9.47 Å². The van der Waals surface area contributed by atoms with Gasteiger partial charge in [-0.25, -0.2) is 0 Å². The lowest BCUT2D eigenvalue weighted by molar-refractivity contribution is -0.153. The average Bonchev–Trinajstić information content (AvgIpc) is 2.51. The molecule has 3 nitrogen and oxygen atoms in total. The van der Waals surface area contributed by atoms with Gasteiger partial charge in [0.1, 0.15) is 12.7 Å². The Morgan fingerprint density at radius 2 is 1.41 bits per heavy atom. The number of halogens is 3. The van der Waals surface area contributed by atoms with Gasteiger partial charge in [0, 0.05) is 0 Å². The predicted octanol–water partition coefficient (Wildman–Crippen LogP) is 3.74. The normalized spacial score (nSPS) is 12.7. The van der Waals surface area contributed by atoms with Crippen LogP contribution in [0.15, 0.2) is 54.6 Å². The molecule has 22 heavy (non-hydrogen) atoms. The van der Waals surface area contributed by atoms with Crippen LogP contribution in [-0.4, -0.2) is 24.5 Å². The summed E-state index contributed by atoms with van der Waals surface area (Å²) in [6.45, 7) is -1.48. The quantitative estimate of drug-likeness (QED) is 0.883. The van der Waals surface area contributed by atoms with E-state index < -0.39 is 18.9 Å². The van der Waals surface area contributed by atoms with Crippen LogP contribution in [0, 0.1) is 0 Å². The van der Waals surface area contributed by atoms with Crippen LogP contribution in [0.3, 0.4) is 0 Å². The minimum absolute atomic E-state index is 0.0138. The summed E-state index contributed by atoms with van der Waals surface area (Å²) >= 11 is 0. The number of hydrogen-bond donors (Lipinski definition) is 1. The van der Waals surface area contributed by atoms with E-state index in [9.17, 15) is 18.3 Å². The maximum atomic E-state index is 12.2. The molecule has 0 aliphatic heterocycles. The van der Waals surface area contributed by atoms with Crippen molar-refractivity contribution in [1.29, 1.82) is 0 Å². The van der Waals surface area contributed by atoms with Gasteiger partial charge in [-0.2, -0.15) is 13.2 Å². The molecular formula is C16H15F3O3. The van der Waals surface area contributed by atoms with Crippen molar-refractivity contribution in [2.75, 3.05) is 13.2 Å². The minimum atomic E-state index is -4.42. The monoisotopic (exact) mass is 312 g/mol. The number of hydrogen-bond acceptors (Lipinski definition) is 3. The second kappa shape index (κ2) is 7.17. The second-order valence-corrected chi connectivity index (χ2v) is 4.59. The third-order valence-electron chi connectivity index (χ3n) is 2.82. The Morgan fingerprint density at radius 1 is 0.864 bits per heavy atom. The van der Waals surface area contributed by atoms with Crippen LogP contribution >= 0.6 is 0 Å². The molecule has 1 atom stereocenters. The molecule has 0 amide bonds. The highest BCUT2D eigenvalue weighted by atomic mass is 19.4. The molecule has 6 heteroatoms. The molecule has 1 N–H and O–H groups in total. The van der Waals surface area contributed by atoms with Gasteiger partial charge in [-0.1, -0.05) is 42.5 Å². The lowest BCUT2D eigenvalue weighted by Gasteiger charge is -2.16. The van der Waals surface area contributed by atoms with Crippen molar-refractivity contribution in [1.82, 2.24) is 0 Å². The Morgan fingerprint density at radius 3 is 2.00 bits per heavy atom. The van der Waals surface area contributed by atoms with Gasteiger partial charge < -0.3 is 14.6 Å². The van der Waals surface area contributed by atoms with E-state index in [0.717, 1.165) is 0 Å². The Labute approximate surface area is 125 Å². The summed E-state index contributed by atoms with van der Waals surface area (Å²) in [6.07, 6.45) is -5.30. The highest BCUT2D eigenvalue weighted by Gasteiger charge is 2.29. The fourth-order valence-electron chi connectivity index (χ4n) is 1.79. The van der Waals surface area contributed by atoms with Crippen molar-refractivity contribution in [2.24, 2.45) is 0 Å². The Balaban J connectivity index is 1.98. The van der Waals surface area contributed by atoms with Crippen LogP contribution in [0.2, 0.25) is 0 Å². The van der Waals surface area contributed by atoms with E-state index in [1.165, 1.54) is 12.1 Å². The van der Waals surface area contributed by atoms with Gasteiger partial charge in [0.05, 0.1) is 0 Å². The topological polar surface area (TPSA) is 38.7 Å². The third-order valence-corrected chi connectivity index (χ3v) is 2.82. The maximum absolute atomic E-state index is 12.2. The van der Waals surface area contributed by atoms with Crippen LogP contribution < -0.4 is 9.47 Å². The predicted molar refractivity (Wildman–Crippen MR) is 74.9 cm³/mol. The summed E-state index contributed by atoms with van der Waals surface area (Å²) in [4.78, 5) is 0. The van der Waals surface area contributed by atoms with Crippen molar-refractivity contribution < 1.29 is 27.8 Å². The molecule has 0 radical (unpaired) electrons. The molecule has 0 saturated carbocycles. The zero-order chi connectivity index (χ0) is 16.0. The van der Waals surface area contributed by atoms with Gasteiger partial charge in [-0.15, -0.1) is 0 Å². The Kier molecular flexibility index (Phi) is 5.27. The summed E-state index contributed by atoms with van der Waals surface area (Å²) in [5.74, 6) is 0.141. The van der Waals surface area contributed by atoms with Gasteiger partial charge in [-0.3, -0.25) is 0 Å². The molecule has 0 bridgehead atoms. The number of alkyl halides is 3. The van der Waals surface area contributed by atoms with E-state index in [1.54, 1.807) is 36.4 Å². The molecule has 0 saturated heterocycles. The number of benzene rings is 2. The molecule has 0 heterocycles. The van der Waals surface area contributed by atoms with E-state index in [0.29, 0.717) is 5.56 Å². The first kappa shape index (κ1) is 16.2. The fraction of sp³-hybridized carbons (Fsp3) is 0.250. The molecule has 0 aliphatic carbocycles. The smallest absolute Gasteiger partial charge is 0.422 e. The number of ether oxygens (including phenoxy) is 2. The van der Waals surface area contributed by atoms with Gasteiger partial charge in [0.2, 0.25) is 0 Å². The molecule has 2 aromatic rings. The van der Waals surface area contributed by atoms with E-state index in [-0.39, 0.29) is 18.1 Å². The SMILES string of the molecule is O[C@@H](COc1ccccc1OCC(F)(F)F)c1ccccc1. The Hall–Kier alpha value is -2.21. The average molecular weight is 312 g/mol. The van der Waals surface area contributed by atoms with Gasteiger partial charge in [0.15, 0.2) is 18.1 Å². The van der Waals surface area contributed by atoms with E-state index in [2.05, 4.69) is 0 Å². The first-order valence-electron chi connectivity index (χ1n) is 6.60. The standard InChI is InChI=1S/C16H15F3O3/c17-16(18,19)11-22-15-9-5-4-8-14(15)21-10-13(20)12-6-2-1-3-7-12/h1-9,13,20H,10-11H2/t13-/m0/s1. The molecule has 2 aromatic carbocycles. The van der Waals surface area contributed by atoms with E-state index >= 15 is 0 Å². The zero-order valence-electron chi connectivity index (χ0n) is 11.6. The van der Waals surface area contributed by atoms with Crippen LogP contribution in [0.5, 0.6) is 11.5 Å². The molecule has 0 aromatic heterocycles. The summed E-state index contributed by atoms with van der Waals surface area (Å²) in [7, 11) is 0. The molecule has 0 spiro atoms. The van der Waals surface area contributed by atoms with Crippen molar-refractivity contribution in [3.63, 3.8) is 0 Å². The molecule has 118 valence electrons. The lowest BCUT2D eigenvalue weighted by atomic mass is 10.1. The minimum Gasteiger partial charge on any atom is -0.487 e. The van der Waals surface area contributed by atoms with Gasteiger partial charge in [0.25, 0.3) is 0 Å². The number of rotatable bonds is 6. The summed E-state index contributed by atoms with van der Waals surface area (Å²) in [5, 5.41) is 9.99. The first-order chi connectivity index (χ1) is 10.5. The number of aliphatic hydroxyl groups is 1. The van der Waals surface area contributed by atoms with Gasteiger partial charge >= 0.3 is 6.18 Å². The fourth-order valence-corrected chi connectivity index (χ4v) is 1.79. The third kappa shape index (κ3) is 4.96. The zero-order valence-corrected chi connectivity index (χ0v) is 11.6. The number of aliphatic hydroxyl groups excluding tert-OH is 1. The molecular weight excluding hydrogens is 297 g/mol. The molecule has 0 unspecified atom stereocenters. The second-order valence-electron chi connectivity index (χ2n) is 4.59. The molecule has 0 fully saturated rings. The summed E-state index contributed by atoms with van der Waals surface area (Å²) in [5.41, 5.74) is 0.663. The molecule has 2 rings (SSSR count). The van der Waals surface area contributed by atoms with Crippen molar-refractivity contribution in [3.05, 3.63) is 60.2 Å². The van der Waals surface area contributed by atoms with Crippen LogP contribution in [0.25, 0.3) is 0 Å². The van der Waals surface area contributed by atoms with Gasteiger partial charge in [-0.05, 0) is 17.7 Å². The summed E-state index contributed by atoms with van der Waals surface area (Å²) in [6, 6.07) is 14.9. The van der Waals surface area contributed by atoms with Crippen LogP contribution in [0.4, 0.5) is 13.2 Å². The van der Waals surface area contributed by atoms with Crippen LogP contribution in [0.1, 0.15) is 11.7 Å². The highest BCUT2D eigenvalue weighted by Crippen LogP contribution is 2.29. The van der Waals surface area contributed by atoms with Crippen molar-refractivity contribution >= 4 is 0 Å². The highest BCUT2D eigenvalue weighted by molar-refractivity contribution is 5.39. The molecule has 0 aliphatic rings.